The minimum Gasteiger partial charge on any atom is -0.466 e. The highest BCUT2D eigenvalue weighted by molar-refractivity contribution is 6.39. The SMILES string of the molecule is CCCCNC(=O)C1=NO[C@](C)(C(=O)OC)C1. The van der Waals surface area contributed by atoms with Gasteiger partial charge in [-0.05, 0) is 13.3 Å². The largest absolute Gasteiger partial charge is 0.466 e. The molecule has 0 radical (unpaired) electrons. The molecule has 1 N–H and O–H groups in total. The Balaban J connectivity index is 2.49. The van der Waals surface area contributed by atoms with E-state index < -0.39 is 11.6 Å². The van der Waals surface area contributed by atoms with E-state index in [0.29, 0.717) is 6.54 Å². The van der Waals surface area contributed by atoms with Gasteiger partial charge in [-0.3, -0.25) is 4.79 Å². The first-order chi connectivity index (χ1) is 8.03. The molecule has 1 rings (SSSR count). The maximum Gasteiger partial charge on any atom is 0.353 e. The predicted molar refractivity (Wildman–Crippen MR) is 61.5 cm³/mol. The van der Waals surface area contributed by atoms with Crippen molar-refractivity contribution in [1.29, 1.82) is 0 Å². The predicted octanol–water partition coefficient (Wildman–Crippen LogP) is 0.611. The summed E-state index contributed by atoms with van der Waals surface area (Å²) in [7, 11) is 1.27. The average molecular weight is 242 g/mol. The van der Waals surface area contributed by atoms with E-state index in [9.17, 15) is 9.59 Å². The van der Waals surface area contributed by atoms with Gasteiger partial charge in [0, 0.05) is 6.54 Å². The highest BCUT2D eigenvalue weighted by Crippen LogP contribution is 2.24. The summed E-state index contributed by atoms with van der Waals surface area (Å²) in [6, 6.07) is 0. The highest BCUT2D eigenvalue weighted by atomic mass is 16.7. The van der Waals surface area contributed by atoms with Crippen LogP contribution in [-0.4, -0.2) is 36.8 Å². The van der Waals surface area contributed by atoms with Crippen molar-refractivity contribution in [3.8, 4) is 0 Å². The normalized spacial score (nSPS) is 22.6. The molecular weight excluding hydrogens is 224 g/mol. The second kappa shape index (κ2) is 5.65. The summed E-state index contributed by atoms with van der Waals surface area (Å²) < 4.78 is 4.59. The lowest BCUT2D eigenvalue weighted by Gasteiger charge is -2.17. The molecule has 0 saturated heterocycles. The number of rotatable bonds is 5. The molecule has 0 spiro atoms. The van der Waals surface area contributed by atoms with Crippen LogP contribution in [0.3, 0.4) is 0 Å². The number of nitrogens with one attached hydrogen (secondary N) is 1. The van der Waals surface area contributed by atoms with Gasteiger partial charge in [0.2, 0.25) is 5.60 Å². The van der Waals surface area contributed by atoms with Crippen LogP contribution in [0.5, 0.6) is 0 Å². The quantitative estimate of drug-likeness (QED) is 0.566. The molecule has 0 saturated carbocycles. The summed E-state index contributed by atoms with van der Waals surface area (Å²) >= 11 is 0. The van der Waals surface area contributed by atoms with Crippen molar-refractivity contribution in [3.63, 3.8) is 0 Å². The molecule has 1 aliphatic rings. The van der Waals surface area contributed by atoms with Gasteiger partial charge in [-0.15, -0.1) is 0 Å². The Bertz CT molecular complexity index is 340. The van der Waals surface area contributed by atoms with Crippen molar-refractivity contribution in [1.82, 2.24) is 5.32 Å². The van der Waals surface area contributed by atoms with E-state index >= 15 is 0 Å². The van der Waals surface area contributed by atoms with E-state index in [1.54, 1.807) is 6.92 Å². The summed E-state index contributed by atoms with van der Waals surface area (Å²) in [6.45, 7) is 4.19. The Morgan fingerprint density at radius 3 is 2.88 bits per heavy atom. The van der Waals surface area contributed by atoms with Gasteiger partial charge in [-0.1, -0.05) is 18.5 Å². The minimum absolute atomic E-state index is 0.137. The van der Waals surface area contributed by atoms with Gasteiger partial charge in [0.15, 0.2) is 0 Å². The minimum atomic E-state index is -1.17. The lowest BCUT2D eigenvalue weighted by molar-refractivity contribution is -0.164. The molecule has 17 heavy (non-hydrogen) atoms. The van der Waals surface area contributed by atoms with E-state index in [1.165, 1.54) is 7.11 Å². The van der Waals surface area contributed by atoms with Crippen molar-refractivity contribution in [2.45, 2.75) is 38.7 Å². The zero-order chi connectivity index (χ0) is 12.9. The molecule has 0 unspecified atom stereocenters. The number of nitrogens with zero attached hydrogens (tertiary/aromatic N) is 1. The van der Waals surface area contributed by atoms with E-state index in [4.69, 9.17) is 4.84 Å². The third-order valence-corrected chi connectivity index (χ3v) is 2.56. The Kier molecular flexibility index (Phi) is 4.48. The number of unbranched alkanes of at least 4 members (excludes halogenated alkanes) is 1. The summed E-state index contributed by atoms with van der Waals surface area (Å²) in [5, 5.41) is 6.36. The van der Waals surface area contributed by atoms with Crippen molar-refractivity contribution in [2.75, 3.05) is 13.7 Å². The van der Waals surface area contributed by atoms with E-state index in [1.807, 2.05) is 6.92 Å². The van der Waals surface area contributed by atoms with Gasteiger partial charge in [0.1, 0.15) is 5.71 Å². The van der Waals surface area contributed by atoms with Crippen LogP contribution in [0.2, 0.25) is 0 Å². The van der Waals surface area contributed by atoms with Crippen LogP contribution >= 0.6 is 0 Å². The monoisotopic (exact) mass is 242 g/mol. The molecule has 0 aliphatic carbocycles. The van der Waals surface area contributed by atoms with Crippen LogP contribution in [-0.2, 0) is 19.2 Å². The summed E-state index contributed by atoms with van der Waals surface area (Å²) in [4.78, 5) is 28.0. The number of amides is 1. The maximum atomic E-state index is 11.6. The number of carbonyl (C=O) groups is 2. The van der Waals surface area contributed by atoms with E-state index in [0.717, 1.165) is 12.8 Å². The van der Waals surface area contributed by atoms with Gasteiger partial charge in [0.25, 0.3) is 5.91 Å². The first kappa shape index (κ1) is 13.5. The van der Waals surface area contributed by atoms with Crippen LogP contribution in [0.25, 0.3) is 0 Å². The molecule has 1 heterocycles. The van der Waals surface area contributed by atoms with Crippen LogP contribution in [0, 0.1) is 0 Å². The second-order valence-corrected chi connectivity index (χ2v) is 4.14. The number of esters is 1. The van der Waals surface area contributed by atoms with Crippen LogP contribution in [0.15, 0.2) is 5.16 Å². The van der Waals surface area contributed by atoms with Crippen LogP contribution in [0.1, 0.15) is 33.1 Å². The zero-order valence-electron chi connectivity index (χ0n) is 10.4. The summed E-state index contributed by atoms with van der Waals surface area (Å²) in [5.41, 5.74) is -0.944. The molecule has 1 amide bonds. The molecule has 96 valence electrons. The number of ether oxygens (including phenoxy) is 1. The number of carbonyl (C=O) groups excluding carboxylic acids is 2. The first-order valence-corrected chi connectivity index (χ1v) is 5.65. The summed E-state index contributed by atoms with van der Waals surface area (Å²) in [5.74, 6) is -0.816. The fraction of sp³-hybridized carbons (Fsp3) is 0.727. The number of methoxy groups -OCH3 is 1. The fourth-order valence-corrected chi connectivity index (χ4v) is 1.47. The smallest absolute Gasteiger partial charge is 0.353 e. The Morgan fingerprint density at radius 2 is 2.29 bits per heavy atom. The number of hydrogen-bond donors (Lipinski definition) is 1. The molecule has 0 aromatic heterocycles. The Labute approximate surface area is 100 Å². The van der Waals surface area contributed by atoms with Gasteiger partial charge in [0.05, 0.1) is 13.5 Å². The fourth-order valence-electron chi connectivity index (χ4n) is 1.47. The lowest BCUT2D eigenvalue weighted by atomic mass is 10.00. The van der Waals surface area contributed by atoms with E-state index in [-0.39, 0.29) is 18.0 Å². The highest BCUT2D eigenvalue weighted by Gasteiger charge is 2.44. The van der Waals surface area contributed by atoms with Gasteiger partial charge < -0.3 is 14.9 Å². The molecule has 1 atom stereocenters. The number of oxime groups is 1. The molecule has 1 aliphatic heterocycles. The molecule has 0 bridgehead atoms. The van der Waals surface area contributed by atoms with E-state index in [2.05, 4.69) is 15.2 Å². The van der Waals surface area contributed by atoms with Gasteiger partial charge in [-0.2, -0.15) is 0 Å². The number of hydrogen-bond acceptors (Lipinski definition) is 5. The molecule has 0 aromatic rings. The lowest BCUT2D eigenvalue weighted by Crippen LogP contribution is -2.39. The molecule has 0 fully saturated rings. The standard InChI is InChI=1S/C11H18N2O4/c1-4-5-6-12-9(14)8-7-11(2,17-13-8)10(15)16-3/h4-7H2,1-3H3,(H,12,14)/t11-/m0/s1. The third kappa shape index (κ3) is 3.18. The van der Waals surface area contributed by atoms with Crippen LogP contribution < -0.4 is 5.32 Å². The van der Waals surface area contributed by atoms with Crippen LogP contribution in [0.4, 0.5) is 0 Å². The Hall–Kier alpha value is -1.59. The summed E-state index contributed by atoms with van der Waals surface area (Å²) in [6.07, 6.45) is 2.05. The van der Waals surface area contributed by atoms with Crippen molar-refractivity contribution < 1.29 is 19.2 Å². The topological polar surface area (TPSA) is 77.0 Å². The second-order valence-electron chi connectivity index (χ2n) is 4.14. The van der Waals surface area contributed by atoms with Gasteiger partial charge in [-0.25, -0.2) is 4.79 Å². The van der Waals surface area contributed by atoms with Crippen molar-refractivity contribution >= 4 is 17.6 Å². The Morgan fingerprint density at radius 1 is 1.59 bits per heavy atom. The average Bonchev–Trinajstić information content (AvgIpc) is 2.72. The first-order valence-electron chi connectivity index (χ1n) is 5.65. The van der Waals surface area contributed by atoms with Crippen molar-refractivity contribution in [2.24, 2.45) is 5.16 Å². The zero-order valence-corrected chi connectivity index (χ0v) is 10.4. The maximum absolute atomic E-state index is 11.6. The molecular formula is C11H18N2O4. The van der Waals surface area contributed by atoms with Gasteiger partial charge >= 0.3 is 5.97 Å². The molecule has 6 nitrogen and oxygen atoms in total. The van der Waals surface area contributed by atoms with Crippen molar-refractivity contribution in [3.05, 3.63) is 0 Å². The molecule has 6 heteroatoms. The molecule has 0 aromatic carbocycles. The third-order valence-electron chi connectivity index (χ3n) is 2.56.